The number of nitrogens with two attached hydrogens (primary N) is 1. The molecule has 0 saturated carbocycles. The lowest BCUT2D eigenvalue weighted by Gasteiger charge is -2.18. The molecule has 2 atom stereocenters. The molecule has 0 aromatic heterocycles. The van der Waals surface area contributed by atoms with E-state index in [9.17, 15) is 4.79 Å². The molecular weight excluding hydrogens is 232 g/mol. The van der Waals surface area contributed by atoms with Gasteiger partial charge in [-0.25, -0.2) is 0 Å². The first kappa shape index (κ1) is 14.5. The number of hydrogen-bond donors (Lipinski definition) is 2. The van der Waals surface area contributed by atoms with Gasteiger partial charge in [0, 0.05) is 19.2 Å². The normalized spacial score (nSPS) is 13.8. The summed E-state index contributed by atoms with van der Waals surface area (Å²) in [7, 11) is 3.12. The van der Waals surface area contributed by atoms with Gasteiger partial charge in [-0.15, -0.1) is 0 Å². The number of benzene rings is 1. The van der Waals surface area contributed by atoms with Crippen molar-refractivity contribution in [2.45, 2.75) is 25.6 Å². The van der Waals surface area contributed by atoms with E-state index >= 15 is 0 Å². The van der Waals surface area contributed by atoms with Crippen molar-refractivity contribution in [3.8, 4) is 5.75 Å². The van der Waals surface area contributed by atoms with Gasteiger partial charge in [0.05, 0.1) is 13.2 Å². The molecule has 1 aromatic carbocycles. The van der Waals surface area contributed by atoms with E-state index in [-0.39, 0.29) is 12.0 Å². The van der Waals surface area contributed by atoms with Gasteiger partial charge in [0.2, 0.25) is 5.91 Å². The third-order valence-electron chi connectivity index (χ3n) is 2.83. The fourth-order valence-electron chi connectivity index (χ4n) is 1.51. The molecule has 0 saturated heterocycles. The summed E-state index contributed by atoms with van der Waals surface area (Å²) in [6.45, 7) is 2.14. The molecule has 0 heterocycles. The number of carbonyl (C=O) groups excluding carboxylic acids is 1. The van der Waals surface area contributed by atoms with Crippen LogP contribution in [0.3, 0.4) is 0 Å². The minimum Gasteiger partial charge on any atom is -0.496 e. The smallest absolute Gasteiger partial charge is 0.239 e. The number of hydrogen-bond acceptors (Lipinski definition) is 4. The number of para-hydroxylation sites is 1. The van der Waals surface area contributed by atoms with Crippen LogP contribution in [0.25, 0.3) is 0 Å². The molecule has 0 unspecified atom stereocenters. The van der Waals surface area contributed by atoms with E-state index in [2.05, 4.69) is 5.32 Å². The van der Waals surface area contributed by atoms with Crippen molar-refractivity contribution in [3.05, 3.63) is 29.8 Å². The second kappa shape index (κ2) is 6.98. The second-order valence-electron chi connectivity index (χ2n) is 4.00. The lowest BCUT2D eigenvalue weighted by atomic mass is 10.1. The number of amides is 1. The predicted octanol–water partition coefficient (Wildman–Crippen LogP) is 0.674. The quantitative estimate of drug-likeness (QED) is 0.780. The highest BCUT2D eigenvalue weighted by atomic mass is 16.5. The van der Waals surface area contributed by atoms with Crippen LogP contribution in [0.5, 0.6) is 5.75 Å². The van der Waals surface area contributed by atoms with E-state index in [1.165, 1.54) is 7.11 Å². The van der Waals surface area contributed by atoms with E-state index in [1.807, 2.05) is 24.3 Å². The maximum atomic E-state index is 11.8. The van der Waals surface area contributed by atoms with Crippen LogP contribution in [0.2, 0.25) is 0 Å². The molecule has 3 N–H and O–H groups in total. The Morgan fingerprint density at radius 3 is 2.67 bits per heavy atom. The van der Waals surface area contributed by atoms with Crippen molar-refractivity contribution >= 4 is 5.91 Å². The summed E-state index contributed by atoms with van der Waals surface area (Å²) in [5, 5.41) is 2.76. The van der Waals surface area contributed by atoms with Crippen LogP contribution in [0.1, 0.15) is 12.5 Å². The van der Waals surface area contributed by atoms with Gasteiger partial charge in [-0.05, 0) is 13.0 Å². The average molecular weight is 252 g/mol. The van der Waals surface area contributed by atoms with Crippen LogP contribution in [0, 0.1) is 0 Å². The molecule has 1 amide bonds. The molecule has 0 aliphatic carbocycles. The van der Waals surface area contributed by atoms with E-state index < -0.39 is 6.04 Å². The lowest BCUT2D eigenvalue weighted by Crippen LogP contribution is -2.47. The number of ether oxygens (including phenoxy) is 2. The summed E-state index contributed by atoms with van der Waals surface area (Å²) < 4.78 is 10.2. The Kier molecular flexibility index (Phi) is 5.61. The van der Waals surface area contributed by atoms with Crippen molar-refractivity contribution < 1.29 is 14.3 Å². The Morgan fingerprint density at radius 2 is 2.06 bits per heavy atom. The second-order valence-corrected chi connectivity index (χ2v) is 4.00. The number of carbonyl (C=O) groups is 1. The maximum Gasteiger partial charge on any atom is 0.239 e. The largest absolute Gasteiger partial charge is 0.496 e. The van der Waals surface area contributed by atoms with Crippen LogP contribution in [0.4, 0.5) is 0 Å². The van der Waals surface area contributed by atoms with Gasteiger partial charge in [-0.3, -0.25) is 4.79 Å². The van der Waals surface area contributed by atoms with Crippen molar-refractivity contribution in [3.63, 3.8) is 0 Å². The molecule has 0 aliphatic rings. The van der Waals surface area contributed by atoms with Crippen LogP contribution in [-0.4, -0.2) is 32.3 Å². The lowest BCUT2D eigenvalue weighted by molar-refractivity contribution is -0.125. The first-order valence-electron chi connectivity index (χ1n) is 5.78. The Labute approximate surface area is 107 Å². The summed E-state index contributed by atoms with van der Waals surface area (Å²) in [5.74, 6) is 0.501. The Hall–Kier alpha value is -1.59. The summed E-state index contributed by atoms with van der Waals surface area (Å²) in [4.78, 5) is 11.8. The van der Waals surface area contributed by atoms with Crippen molar-refractivity contribution in [2.75, 3.05) is 14.2 Å². The zero-order valence-corrected chi connectivity index (χ0v) is 11.0. The molecule has 1 rings (SSSR count). The summed E-state index contributed by atoms with van der Waals surface area (Å²) in [6.07, 6.45) is -0.317. The molecule has 0 spiro atoms. The van der Waals surface area contributed by atoms with Crippen LogP contribution in [0.15, 0.2) is 24.3 Å². The topological polar surface area (TPSA) is 73.6 Å². The molecule has 0 aliphatic heterocycles. The standard InChI is InChI=1S/C13H20N2O3/c1-9(17-2)12(14)13(16)15-8-10-6-4-5-7-11(10)18-3/h4-7,9,12H,8,14H2,1-3H3,(H,15,16)/t9-,12+/m1/s1. The molecule has 18 heavy (non-hydrogen) atoms. The summed E-state index contributed by atoms with van der Waals surface area (Å²) in [5.41, 5.74) is 6.65. The van der Waals surface area contributed by atoms with Gasteiger partial charge >= 0.3 is 0 Å². The molecule has 0 bridgehead atoms. The molecule has 0 fully saturated rings. The van der Waals surface area contributed by atoms with E-state index in [0.29, 0.717) is 6.54 Å². The van der Waals surface area contributed by atoms with Crippen molar-refractivity contribution in [1.82, 2.24) is 5.32 Å². The first-order valence-corrected chi connectivity index (χ1v) is 5.78. The Bertz CT molecular complexity index is 396. The predicted molar refractivity (Wildman–Crippen MR) is 69.3 cm³/mol. The molecule has 5 nitrogen and oxygen atoms in total. The van der Waals surface area contributed by atoms with Gasteiger partial charge in [0.25, 0.3) is 0 Å². The SMILES string of the molecule is COc1ccccc1CNC(=O)[C@@H](N)[C@@H](C)OC. The minimum absolute atomic E-state index is 0.241. The highest BCUT2D eigenvalue weighted by Gasteiger charge is 2.20. The fourth-order valence-corrected chi connectivity index (χ4v) is 1.51. The number of rotatable bonds is 6. The molecule has 1 aromatic rings. The van der Waals surface area contributed by atoms with Gasteiger partial charge in [-0.1, -0.05) is 18.2 Å². The molecule has 100 valence electrons. The average Bonchev–Trinajstić information content (AvgIpc) is 2.43. The Morgan fingerprint density at radius 1 is 1.39 bits per heavy atom. The van der Waals surface area contributed by atoms with Gasteiger partial charge in [-0.2, -0.15) is 0 Å². The van der Waals surface area contributed by atoms with Crippen LogP contribution in [-0.2, 0) is 16.1 Å². The third kappa shape index (κ3) is 3.72. The van der Waals surface area contributed by atoms with E-state index in [1.54, 1.807) is 14.0 Å². The Balaban J connectivity index is 2.57. The minimum atomic E-state index is -0.676. The third-order valence-corrected chi connectivity index (χ3v) is 2.83. The highest BCUT2D eigenvalue weighted by molar-refractivity contribution is 5.82. The van der Waals surface area contributed by atoms with Crippen LogP contribution >= 0.6 is 0 Å². The zero-order valence-electron chi connectivity index (χ0n) is 11.0. The van der Waals surface area contributed by atoms with Crippen molar-refractivity contribution in [1.29, 1.82) is 0 Å². The number of methoxy groups -OCH3 is 2. The fraction of sp³-hybridized carbons (Fsp3) is 0.462. The van der Waals surface area contributed by atoms with Gasteiger partial charge in [0.15, 0.2) is 0 Å². The zero-order chi connectivity index (χ0) is 13.5. The molecular formula is C13H20N2O3. The van der Waals surface area contributed by atoms with Gasteiger partial charge in [0.1, 0.15) is 11.8 Å². The maximum absolute atomic E-state index is 11.8. The van der Waals surface area contributed by atoms with Gasteiger partial charge < -0.3 is 20.5 Å². The molecule has 5 heteroatoms. The van der Waals surface area contributed by atoms with E-state index in [4.69, 9.17) is 15.2 Å². The molecule has 0 radical (unpaired) electrons. The highest BCUT2D eigenvalue weighted by Crippen LogP contribution is 2.16. The van der Waals surface area contributed by atoms with E-state index in [0.717, 1.165) is 11.3 Å². The van der Waals surface area contributed by atoms with Crippen LogP contribution < -0.4 is 15.8 Å². The van der Waals surface area contributed by atoms with Crippen molar-refractivity contribution in [2.24, 2.45) is 5.73 Å². The monoisotopic (exact) mass is 252 g/mol. The summed E-state index contributed by atoms with van der Waals surface area (Å²) in [6, 6.07) is 6.83. The summed E-state index contributed by atoms with van der Waals surface area (Å²) >= 11 is 0. The first-order chi connectivity index (χ1) is 8.60. The number of nitrogens with one attached hydrogen (secondary N) is 1.